The Kier molecular flexibility index (Phi) is 3.98. The summed E-state index contributed by atoms with van der Waals surface area (Å²) >= 11 is 2.95. The highest BCUT2D eigenvalue weighted by Crippen LogP contribution is 2.31. The van der Waals surface area contributed by atoms with Crippen molar-refractivity contribution >= 4 is 31.9 Å². The number of hydrogen-bond acceptors (Lipinski definition) is 5. The molecule has 9 heteroatoms. The van der Waals surface area contributed by atoms with Crippen LogP contribution in [0.4, 0.5) is 0 Å². The number of carbonyl (C=O) groups is 1. The maximum atomic E-state index is 12.5. The molecule has 0 spiro atoms. The lowest BCUT2D eigenvalue weighted by atomic mass is 10.1. The highest BCUT2D eigenvalue weighted by atomic mass is 79.9. The summed E-state index contributed by atoms with van der Waals surface area (Å²) in [6.45, 7) is 4.28. The van der Waals surface area contributed by atoms with E-state index >= 15 is 0 Å². The first kappa shape index (κ1) is 15.5. The molecular formula is C11H14BrNO6S. The smallest absolute Gasteiger partial charge is 0.371 e. The third-order valence-corrected chi connectivity index (χ3v) is 5.58. The zero-order chi connectivity index (χ0) is 15.1. The van der Waals surface area contributed by atoms with Crippen molar-refractivity contribution in [2.75, 3.05) is 19.7 Å². The standard InChI is InChI=1S/C11H14BrNO6S/c1-11(2)6-13(3-4-18-11)20(16,17)8-5-7(10(14)15)19-9(8)12/h5H,3-4,6H2,1-2H3,(H,14,15). The number of carboxylic acids is 1. The fourth-order valence-corrected chi connectivity index (χ4v) is 4.43. The summed E-state index contributed by atoms with van der Waals surface area (Å²) in [7, 11) is -3.83. The molecule has 1 fully saturated rings. The van der Waals surface area contributed by atoms with E-state index in [9.17, 15) is 13.2 Å². The zero-order valence-electron chi connectivity index (χ0n) is 10.9. The number of rotatable bonds is 3. The minimum absolute atomic E-state index is 0.112. The number of halogens is 1. The van der Waals surface area contributed by atoms with E-state index in [1.165, 1.54) is 4.31 Å². The van der Waals surface area contributed by atoms with Gasteiger partial charge in [0.1, 0.15) is 4.90 Å². The lowest BCUT2D eigenvalue weighted by Crippen LogP contribution is -2.50. The molecule has 112 valence electrons. The van der Waals surface area contributed by atoms with Crippen LogP contribution in [-0.4, -0.2) is 49.1 Å². The third kappa shape index (κ3) is 2.90. The molecule has 1 aromatic rings. The van der Waals surface area contributed by atoms with E-state index in [0.717, 1.165) is 6.07 Å². The zero-order valence-corrected chi connectivity index (χ0v) is 13.3. The van der Waals surface area contributed by atoms with Gasteiger partial charge in [0.25, 0.3) is 0 Å². The first-order chi connectivity index (χ1) is 9.13. The normalized spacial score (nSPS) is 19.9. The number of sulfonamides is 1. The summed E-state index contributed by atoms with van der Waals surface area (Å²) in [5, 5.41) is 8.84. The van der Waals surface area contributed by atoms with Crippen LogP contribution in [0.5, 0.6) is 0 Å². The Morgan fingerprint density at radius 2 is 2.15 bits per heavy atom. The summed E-state index contributed by atoms with van der Waals surface area (Å²) in [4.78, 5) is 10.6. The van der Waals surface area contributed by atoms with Gasteiger partial charge in [-0.25, -0.2) is 13.2 Å². The van der Waals surface area contributed by atoms with Gasteiger partial charge in [-0.3, -0.25) is 0 Å². The van der Waals surface area contributed by atoms with Gasteiger partial charge >= 0.3 is 5.97 Å². The number of carboxylic acid groups (broad SMARTS) is 1. The fourth-order valence-electron chi connectivity index (χ4n) is 1.95. The number of hydrogen-bond donors (Lipinski definition) is 1. The van der Waals surface area contributed by atoms with E-state index in [2.05, 4.69) is 15.9 Å². The monoisotopic (exact) mass is 367 g/mol. The topological polar surface area (TPSA) is 97.1 Å². The van der Waals surface area contributed by atoms with Gasteiger partial charge in [0.15, 0.2) is 4.67 Å². The van der Waals surface area contributed by atoms with Crippen molar-refractivity contribution in [3.05, 3.63) is 16.5 Å². The summed E-state index contributed by atoms with van der Waals surface area (Å²) in [6.07, 6.45) is 0. The molecule has 1 aliphatic heterocycles. The average Bonchev–Trinajstić information content (AvgIpc) is 2.71. The van der Waals surface area contributed by atoms with Gasteiger partial charge in [-0.1, -0.05) is 0 Å². The van der Waals surface area contributed by atoms with Crippen LogP contribution < -0.4 is 0 Å². The van der Waals surface area contributed by atoms with E-state index in [0.29, 0.717) is 0 Å². The predicted octanol–water partition coefficient (Wildman–Crippen LogP) is 1.54. The van der Waals surface area contributed by atoms with Crippen LogP contribution in [0.15, 0.2) is 20.0 Å². The molecule has 7 nitrogen and oxygen atoms in total. The Labute approximate surface area is 124 Å². The van der Waals surface area contributed by atoms with Crippen LogP contribution in [0.2, 0.25) is 0 Å². The highest BCUT2D eigenvalue weighted by molar-refractivity contribution is 9.10. The maximum Gasteiger partial charge on any atom is 0.371 e. The SMILES string of the molecule is CC1(C)CN(S(=O)(=O)c2cc(C(=O)O)oc2Br)CCO1. The lowest BCUT2D eigenvalue weighted by molar-refractivity contribution is -0.0640. The molecule has 20 heavy (non-hydrogen) atoms. The molecule has 0 aromatic carbocycles. The second-order valence-electron chi connectivity index (χ2n) is 5.00. The van der Waals surface area contributed by atoms with Gasteiger partial charge in [-0.15, -0.1) is 0 Å². The summed E-state index contributed by atoms with van der Waals surface area (Å²) in [6, 6.07) is 1.00. The Morgan fingerprint density at radius 3 is 2.65 bits per heavy atom. The van der Waals surface area contributed by atoms with Gasteiger partial charge in [0.05, 0.1) is 12.2 Å². The number of nitrogens with zero attached hydrogens (tertiary/aromatic N) is 1. The van der Waals surface area contributed by atoms with Crippen LogP contribution in [0.1, 0.15) is 24.4 Å². The van der Waals surface area contributed by atoms with E-state index in [-0.39, 0.29) is 29.3 Å². The number of furan rings is 1. The van der Waals surface area contributed by atoms with E-state index in [1.807, 2.05) is 0 Å². The first-order valence-corrected chi connectivity index (χ1v) is 8.03. The minimum Gasteiger partial charge on any atom is -0.475 e. The van der Waals surface area contributed by atoms with Crippen molar-refractivity contribution in [2.24, 2.45) is 0 Å². The molecule has 0 saturated carbocycles. The van der Waals surface area contributed by atoms with Gasteiger partial charge in [0.2, 0.25) is 15.8 Å². The van der Waals surface area contributed by atoms with Crippen molar-refractivity contribution in [3.63, 3.8) is 0 Å². The van der Waals surface area contributed by atoms with Gasteiger partial charge in [-0.2, -0.15) is 4.31 Å². The van der Waals surface area contributed by atoms with Crippen molar-refractivity contribution in [1.29, 1.82) is 0 Å². The van der Waals surface area contributed by atoms with E-state index < -0.39 is 27.4 Å². The Hall–Kier alpha value is -0.900. The number of morpholine rings is 1. The molecule has 1 saturated heterocycles. The van der Waals surface area contributed by atoms with Gasteiger partial charge in [0, 0.05) is 19.2 Å². The second-order valence-corrected chi connectivity index (χ2v) is 7.63. The van der Waals surface area contributed by atoms with Crippen molar-refractivity contribution in [1.82, 2.24) is 4.31 Å². The molecule has 2 heterocycles. The summed E-state index contributed by atoms with van der Waals surface area (Å²) < 4.78 is 36.5. The van der Waals surface area contributed by atoms with Crippen LogP contribution >= 0.6 is 15.9 Å². The van der Waals surface area contributed by atoms with Crippen molar-refractivity contribution in [2.45, 2.75) is 24.3 Å². The molecule has 0 unspecified atom stereocenters. The molecule has 0 bridgehead atoms. The van der Waals surface area contributed by atoms with Crippen LogP contribution in [0.3, 0.4) is 0 Å². The van der Waals surface area contributed by atoms with Crippen LogP contribution in [0, 0.1) is 0 Å². The van der Waals surface area contributed by atoms with Crippen molar-refractivity contribution < 1.29 is 27.5 Å². The largest absolute Gasteiger partial charge is 0.475 e. The Bertz CT molecular complexity index is 635. The molecule has 0 radical (unpaired) electrons. The quantitative estimate of drug-likeness (QED) is 0.869. The van der Waals surface area contributed by atoms with Gasteiger partial charge < -0.3 is 14.3 Å². The summed E-state index contributed by atoms with van der Waals surface area (Å²) in [5.41, 5.74) is -0.586. The van der Waals surface area contributed by atoms with E-state index in [4.69, 9.17) is 14.3 Å². The number of ether oxygens (including phenoxy) is 1. The molecule has 0 atom stereocenters. The first-order valence-electron chi connectivity index (χ1n) is 5.80. The molecule has 0 aliphatic carbocycles. The molecule has 1 aliphatic rings. The summed E-state index contributed by atoms with van der Waals surface area (Å²) in [5.74, 6) is -1.75. The van der Waals surface area contributed by atoms with Gasteiger partial charge in [-0.05, 0) is 29.8 Å². The Morgan fingerprint density at radius 1 is 1.50 bits per heavy atom. The molecule has 1 N–H and O–H groups in total. The maximum absolute atomic E-state index is 12.5. The van der Waals surface area contributed by atoms with Crippen LogP contribution in [-0.2, 0) is 14.8 Å². The molecular weight excluding hydrogens is 354 g/mol. The highest BCUT2D eigenvalue weighted by Gasteiger charge is 2.37. The number of aromatic carboxylic acids is 1. The molecule has 0 amide bonds. The molecule has 2 rings (SSSR count). The van der Waals surface area contributed by atoms with E-state index in [1.54, 1.807) is 13.8 Å². The molecule has 1 aromatic heterocycles. The van der Waals surface area contributed by atoms with Crippen molar-refractivity contribution in [3.8, 4) is 0 Å². The minimum atomic E-state index is -3.83. The fraction of sp³-hybridized carbons (Fsp3) is 0.545. The third-order valence-electron chi connectivity index (χ3n) is 2.87. The average molecular weight is 368 g/mol. The Balaban J connectivity index is 2.37. The van der Waals surface area contributed by atoms with Crippen LogP contribution in [0.25, 0.3) is 0 Å². The predicted molar refractivity (Wildman–Crippen MR) is 72.2 cm³/mol. The second kappa shape index (κ2) is 5.14. The lowest BCUT2D eigenvalue weighted by Gasteiger charge is -2.37.